The Morgan fingerprint density at radius 1 is 1.30 bits per heavy atom. The lowest BCUT2D eigenvalue weighted by molar-refractivity contribution is -0.112. The van der Waals surface area contributed by atoms with Crippen LogP contribution in [0, 0.1) is 13.8 Å². The predicted octanol–water partition coefficient (Wildman–Crippen LogP) is 2.31. The zero-order valence-corrected chi connectivity index (χ0v) is 14.8. The van der Waals surface area contributed by atoms with Gasteiger partial charge in [-0.25, -0.2) is 9.89 Å². The van der Waals surface area contributed by atoms with E-state index in [4.69, 9.17) is 0 Å². The average Bonchev–Trinajstić information content (AvgIpc) is 2.80. The van der Waals surface area contributed by atoms with E-state index in [0.29, 0.717) is 12.2 Å². The molecule has 2 atom stereocenters. The number of aliphatic imine (C=N–C) groups is 1. The number of hydrogen-bond acceptors (Lipinski definition) is 5. The number of carbonyl (C=O) groups is 2. The summed E-state index contributed by atoms with van der Waals surface area (Å²) in [4.78, 5) is 33.6. The van der Waals surface area contributed by atoms with Gasteiger partial charge in [-0.2, -0.15) is 0 Å². The zero-order valence-electron chi connectivity index (χ0n) is 13.8. The molecule has 2 unspecified atom stereocenters. The molecule has 6 nitrogen and oxygen atoms in total. The summed E-state index contributed by atoms with van der Waals surface area (Å²) in [5, 5.41) is 0. The second kappa shape index (κ2) is 6.02. The molecule has 0 radical (unpaired) electrons. The molecule has 0 saturated carbocycles. The molecule has 2 amide bonds. The lowest BCUT2D eigenvalue weighted by Crippen LogP contribution is -2.45. The van der Waals surface area contributed by atoms with Crippen LogP contribution in [0.2, 0.25) is 0 Å². The molecule has 1 saturated heterocycles. The Kier molecular flexibility index (Phi) is 4.21. The number of amidine groups is 1. The van der Waals surface area contributed by atoms with Gasteiger partial charge >= 0.3 is 0 Å². The fraction of sp³-hybridized carbons (Fsp3) is 0.438. The lowest BCUT2D eigenvalue weighted by Gasteiger charge is -2.36. The first-order chi connectivity index (χ1) is 10.9. The standard InChI is InChI=1S/C16H21N4O2P/c1-10-7-12-13(8-11(10)2)19(6-5-18(3)4)15-14(17-12)20(9-21)16(22)23-15/h7-9,15,23H,5-6H2,1-4H3. The third kappa shape index (κ3) is 2.77. The predicted molar refractivity (Wildman–Crippen MR) is 94.3 cm³/mol. The van der Waals surface area contributed by atoms with E-state index in [9.17, 15) is 9.59 Å². The van der Waals surface area contributed by atoms with Gasteiger partial charge in [0, 0.05) is 21.7 Å². The number of carbonyl (C=O) groups excluding carboxylic acids is 2. The van der Waals surface area contributed by atoms with Gasteiger partial charge in [-0.15, -0.1) is 0 Å². The lowest BCUT2D eigenvalue weighted by atomic mass is 10.1. The Morgan fingerprint density at radius 2 is 2.00 bits per heavy atom. The molecule has 1 fully saturated rings. The summed E-state index contributed by atoms with van der Waals surface area (Å²) in [6, 6.07) is 4.17. The molecule has 2 aliphatic rings. The van der Waals surface area contributed by atoms with Crippen molar-refractivity contribution in [2.45, 2.75) is 19.6 Å². The van der Waals surface area contributed by atoms with Crippen LogP contribution in [-0.4, -0.2) is 60.7 Å². The van der Waals surface area contributed by atoms with Crippen LogP contribution < -0.4 is 4.90 Å². The van der Waals surface area contributed by atoms with Crippen molar-refractivity contribution in [3.8, 4) is 0 Å². The van der Waals surface area contributed by atoms with Crippen molar-refractivity contribution in [2.24, 2.45) is 4.99 Å². The minimum atomic E-state index is -0.153. The molecule has 7 heteroatoms. The molecule has 3 rings (SSSR count). The smallest absolute Gasteiger partial charge is 0.254 e. The largest absolute Gasteiger partial charge is 0.354 e. The van der Waals surface area contributed by atoms with Crippen LogP contribution >= 0.6 is 8.58 Å². The second-order valence-electron chi connectivity index (χ2n) is 6.22. The highest BCUT2D eigenvalue weighted by atomic mass is 31.1. The number of nitrogens with zero attached hydrogens (tertiary/aromatic N) is 4. The molecular weight excluding hydrogens is 311 g/mol. The molecule has 0 aliphatic carbocycles. The zero-order chi connectivity index (χ0) is 16.7. The van der Waals surface area contributed by atoms with Crippen LogP contribution in [0.4, 0.5) is 16.2 Å². The molecule has 0 bridgehead atoms. The number of fused-ring (bicyclic) bond motifs is 2. The summed E-state index contributed by atoms with van der Waals surface area (Å²) < 4.78 is 0. The van der Waals surface area contributed by atoms with Gasteiger partial charge in [0.15, 0.2) is 0 Å². The molecular formula is C16H21N4O2P. The van der Waals surface area contributed by atoms with Gasteiger partial charge < -0.3 is 9.80 Å². The maximum absolute atomic E-state index is 12.1. The van der Waals surface area contributed by atoms with E-state index >= 15 is 0 Å². The topological polar surface area (TPSA) is 56.2 Å². The van der Waals surface area contributed by atoms with Gasteiger partial charge in [-0.05, 0) is 51.2 Å². The molecule has 0 spiro atoms. The number of hydrogen-bond donors (Lipinski definition) is 0. The van der Waals surface area contributed by atoms with Crippen molar-refractivity contribution in [2.75, 3.05) is 32.1 Å². The Labute approximate surface area is 137 Å². The normalized spacial score (nSPS) is 20.8. The van der Waals surface area contributed by atoms with Crippen molar-refractivity contribution in [3.05, 3.63) is 23.3 Å². The SMILES string of the molecule is Cc1cc2c(cc1C)N(CCN(C)C)C1PC(=O)N(C=O)C1=N2. The van der Waals surface area contributed by atoms with E-state index in [1.165, 1.54) is 10.5 Å². The van der Waals surface area contributed by atoms with Crippen LogP contribution in [0.1, 0.15) is 11.1 Å². The number of anilines is 1. The van der Waals surface area contributed by atoms with E-state index in [-0.39, 0.29) is 20.0 Å². The fourth-order valence-electron chi connectivity index (χ4n) is 2.85. The van der Waals surface area contributed by atoms with Gasteiger partial charge in [0.05, 0.1) is 11.4 Å². The van der Waals surface area contributed by atoms with Crippen LogP contribution in [0.3, 0.4) is 0 Å². The number of imide groups is 1. The summed E-state index contributed by atoms with van der Waals surface area (Å²) >= 11 is 0. The van der Waals surface area contributed by atoms with E-state index in [1.807, 2.05) is 27.1 Å². The van der Waals surface area contributed by atoms with Crippen molar-refractivity contribution in [1.29, 1.82) is 0 Å². The average molecular weight is 332 g/mol. The van der Waals surface area contributed by atoms with Crippen molar-refractivity contribution in [3.63, 3.8) is 0 Å². The second-order valence-corrected chi connectivity index (χ2v) is 7.48. The third-order valence-electron chi connectivity index (χ3n) is 4.31. The van der Waals surface area contributed by atoms with E-state index in [2.05, 4.69) is 27.8 Å². The Bertz CT molecular complexity index is 702. The molecule has 1 aromatic carbocycles. The molecule has 2 aliphatic heterocycles. The summed E-state index contributed by atoms with van der Waals surface area (Å²) in [6.07, 6.45) is 0.588. The number of rotatable bonds is 4. The first-order valence-electron chi connectivity index (χ1n) is 7.58. The Hall–Kier alpha value is -1.78. The van der Waals surface area contributed by atoms with Crippen LogP contribution in [0.15, 0.2) is 17.1 Å². The number of aryl methyl sites for hydroxylation is 2. The first-order valence-corrected chi connectivity index (χ1v) is 8.66. The maximum Gasteiger partial charge on any atom is 0.254 e. The van der Waals surface area contributed by atoms with Crippen LogP contribution in [0.25, 0.3) is 0 Å². The van der Waals surface area contributed by atoms with Gasteiger partial charge in [-0.1, -0.05) is 0 Å². The highest BCUT2D eigenvalue weighted by Gasteiger charge is 2.43. The number of likely N-dealkylation sites (N-methyl/N-ethyl adjacent to an activating group) is 1. The number of benzene rings is 1. The molecule has 0 N–H and O–H groups in total. The Morgan fingerprint density at radius 3 is 2.65 bits per heavy atom. The van der Waals surface area contributed by atoms with Gasteiger partial charge in [-0.3, -0.25) is 9.59 Å². The third-order valence-corrected chi connectivity index (χ3v) is 5.64. The molecule has 1 aromatic rings. The van der Waals surface area contributed by atoms with Crippen LogP contribution in [-0.2, 0) is 4.79 Å². The fourth-order valence-corrected chi connectivity index (χ4v) is 4.14. The molecule has 122 valence electrons. The summed E-state index contributed by atoms with van der Waals surface area (Å²) in [6.45, 7) is 5.79. The minimum Gasteiger partial charge on any atom is -0.354 e. The van der Waals surface area contributed by atoms with Crippen molar-refractivity contribution >= 4 is 37.8 Å². The maximum atomic E-state index is 12.1. The molecule has 2 heterocycles. The van der Waals surface area contributed by atoms with Gasteiger partial charge in [0.25, 0.3) is 5.65 Å². The summed E-state index contributed by atoms with van der Waals surface area (Å²) in [7, 11) is 4.08. The van der Waals surface area contributed by atoms with E-state index in [0.717, 1.165) is 30.0 Å². The Balaban J connectivity index is 2.08. The summed E-state index contributed by atoms with van der Waals surface area (Å²) in [5.74, 6) is 0.445. The van der Waals surface area contributed by atoms with E-state index in [1.54, 1.807) is 0 Å². The molecule has 0 aromatic heterocycles. The first kappa shape index (κ1) is 16.1. The monoisotopic (exact) mass is 332 g/mol. The molecule has 23 heavy (non-hydrogen) atoms. The summed E-state index contributed by atoms with van der Waals surface area (Å²) in [5.41, 5.74) is 4.10. The highest BCUT2D eigenvalue weighted by Crippen LogP contribution is 2.45. The van der Waals surface area contributed by atoms with Crippen molar-refractivity contribution < 1.29 is 9.59 Å². The van der Waals surface area contributed by atoms with Gasteiger partial charge in [0.2, 0.25) is 6.41 Å². The minimum absolute atomic E-state index is 0.0213. The van der Waals surface area contributed by atoms with Gasteiger partial charge in [0.1, 0.15) is 11.6 Å². The van der Waals surface area contributed by atoms with Crippen LogP contribution in [0.5, 0.6) is 0 Å². The highest BCUT2D eigenvalue weighted by molar-refractivity contribution is 7.61. The van der Waals surface area contributed by atoms with E-state index < -0.39 is 0 Å². The van der Waals surface area contributed by atoms with Crippen molar-refractivity contribution in [1.82, 2.24) is 9.80 Å². The quantitative estimate of drug-likeness (QED) is 0.627. The number of amides is 2.